The summed E-state index contributed by atoms with van der Waals surface area (Å²) in [4.78, 5) is 11.7. The summed E-state index contributed by atoms with van der Waals surface area (Å²) in [7, 11) is 0. The van der Waals surface area contributed by atoms with Crippen molar-refractivity contribution in [2.45, 2.75) is 25.8 Å². The van der Waals surface area contributed by atoms with Crippen molar-refractivity contribution < 1.29 is 0 Å². The summed E-state index contributed by atoms with van der Waals surface area (Å²) in [5.41, 5.74) is 6.62. The highest BCUT2D eigenvalue weighted by atomic mass is 15.2. The van der Waals surface area contributed by atoms with Crippen LogP contribution in [0.15, 0.2) is 83.3 Å². The third-order valence-corrected chi connectivity index (χ3v) is 6.64. The molecule has 0 saturated heterocycles. The molecular formula is C31H29N3. The lowest BCUT2D eigenvalue weighted by molar-refractivity contribution is 0.812. The Kier molecular flexibility index (Phi) is 5.85. The zero-order valence-electron chi connectivity index (χ0n) is 19.8. The van der Waals surface area contributed by atoms with Crippen molar-refractivity contribution in [1.82, 2.24) is 0 Å². The summed E-state index contributed by atoms with van der Waals surface area (Å²) in [6, 6.07) is 21.4. The van der Waals surface area contributed by atoms with Crippen LogP contribution < -0.4 is 15.3 Å². The first-order valence-electron chi connectivity index (χ1n) is 11.8. The molecule has 0 amide bonds. The number of hydrogen-bond acceptors (Lipinski definition) is 2. The normalized spacial score (nSPS) is 18.5. The van der Waals surface area contributed by atoms with Crippen molar-refractivity contribution in [3.05, 3.63) is 106 Å². The van der Waals surface area contributed by atoms with Gasteiger partial charge < -0.3 is 4.90 Å². The van der Waals surface area contributed by atoms with E-state index >= 15 is 0 Å². The van der Waals surface area contributed by atoms with Gasteiger partial charge in [0.15, 0.2) is 0 Å². The van der Waals surface area contributed by atoms with Gasteiger partial charge in [-0.3, -0.25) is 9.98 Å². The Morgan fingerprint density at radius 2 is 1.74 bits per heavy atom. The summed E-state index contributed by atoms with van der Waals surface area (Å²) in [6.07, 6.45) is 11.0. The average molecular weight is 444 g/mol. The Morgan fingerprint density at radius 3 is 2.44 bits per heavy atom. The molecule has 2 unspecified atom stereocenters. The van der Waals surface area contributed by atoms with Crippen molar-refractivity contribution in [1.29, 1.82) is 0 Å². The van der Waals surface area contributed by atoms with E-state index in [2.05, 4.69) is 96.9 Å². The van der Waals surface area contributed by atoms with Crippen LogP contribution in [0.3, 0.4) is 0 Å². The highest BCUT2D eigenvalue weighted by Gasteiger charge is 2.40. The highest BCUT2D eigenvalue weighted by molar-refractivity contribution is 6.15. The molecule has 3 nitrogen and oxygen atoms in total. The predicted molar refractivity (Wildman–Crippen MR) is 148 cm³/mol. The van der Waals surface area contributed by atoms with Gasteiger partial charge in [-0.2, -0.15) is 0 Å². The number of nitrogens with zero attached hydrogens (tertiary/aromatic N) is 3. The molecule has 1 heterocycles. The Labute approximate surface area is 201 Å². The number of para-hydroxylation sites is 1. The van der Waals surface area contributed by atoms with Crippen LogP contribution in [0.4, 0.5) is 11.4 Å². The van der Waals surface area contributed by atoms with E-state index in [1.54, 1.807) is 0 Å². The van der Waals surface area contributed by atoms with Crippen LogP contribution in [0.25, 0.3) is 24.3 Å². The first kappa shape index (κ1) is 21.8. The van der Waals surface area contributed by atoms with E-state index in [4.69, 9.17) is 4.99 Å². The molecule has 3 heteroatoms. The second kappa shape index (κ2) is 9.11. The quantitative estimate of drug-likeness (QED) is 0.367. The molecule has 34 heavy (non-hydrogen) atoms. The van der Waals surface area contributed by atoms with Gasteiger partial charge in [-0.05, 0) is 72.0 Å². The number of benzene rings is 3. The van der Waals surface area contributed by atoms with Crippen LogP contribution in [-0.2, 0) is 0 Å². The van der Waals surface area contributed by atoms with Crippen LogP contribution in [-0.4, -0.2) is 25.1 Å². The third kappa shape index (κ3) is 3.54. The van der Waals surface area contributed by atoms with Crippen molar-refractivity contribution in [3.8, 4) is 0 Å². The molecule has 0 fully saturated rings. The van der Waals surface area contributed by atoms with Gasteiger partial charge in [0, 0.05) is 23.7 Å². The molecule has 5 rings (SSSR count). The first-order valence-corrected chi connectivity index (χ1v) is 11.8. The highest BCUT2D eigenvalue weighted by Crippen LogP contribution is 2.46. The van der Waals surface area contributed by atoms with Gasteiger partial charge in [0.1, 0.15) is 5.84 Å². The molecule has 0 saturated carbocycles. The molecular weight excluding hydrogens is 414 g/mol. The first-order chi connectivity index (χ1) is 16.7. The molecule has 3 aromatic carbocycles. The molecule has 2 atom stereocenters. The van der Waals surface area contributed by atoms with E-state index in [1.807, 2.05) is 31.2 Å². The smallest absolute Gasteiger partial charge is 0.138 e. The SMILES string of the molecule is C=Cc1cc2c(cc1/C=C\C)N(C(=NCC)c1ccccc1N=C)C1C=c3ccccc3=CC21. The molecule has 0 spiro atoms. The maximum atomic E-state index is 5.03. The van der Waals surface area contributed by atoms with Crippen LogP contribution in [0.2, 0.25) is 0 Å². The van der Waals surface area contributed by atoms with E-state index in [0.29, 0.717) is 6.54 Å². The van der Waals surface area contributed by atoms with Crippen LogP contribution in [0.5, 0.6) is 0 Å². The summed E-state index contributed by atoms with van der Waals surface area (Å²) in [5, 5.41) is 2.53. The van der Waals surface area contributed by atoms with Crippen molar-refractivity contribution in [3.63, 3.8) is 0 Å². The molecule has 3 aromatic rings. The molecule has 1 aliphatic heterocycles. The van der Waals surface area contributed by atoms with E-state index in [1.165, 1.54) is 21.7 Å². The molecule has 0 bridgehead atoms. The second-order valence-electron chi connectivity index (χ2n) is 8.57. The molecule has 168 valence electrons. The minimum atomic E-state index is 0.117. The van der Waals surface area contributed by atoms with E-state index in [0.717, 1.165) is 28.2 Å². The zero-order chi connectivity index (χ0) is 23.7. The fraction of sp³-hybridized carbons (Fsp3) is 0.161. The summed E-state index contributed by atoms with van der Waals surface area (Å²) in [6.45, 7) is 12.7. The lowest BCUT2D eigenvalue weighted by atomic mass is 9.88. The van der Waals surface area contributed by atoms with Crippen LogP contribution in [0.1, 0.15) is 42.0 Å². The number of rotatable bonds is 5. The Hall–Kier alpha value is -3.98. The van der Waals surface area contributed by atoms with E-state index in [-0.39, 0.29) is 12.0 Å². The Bertz CT molecular complexity index is 1460. The number of aliphatic imine (C=N–C) groups is 2. The van der Waals surface area contributed by atoms with Crippen molar-refractivity contribution >= 4 is 48.2 Å². The van der Waals surface area contributed by atoms with Crippen LogP contribution in [0, 0.1) is 0 Å². The molecule has 0 N–H and O–H groups in total. The van der Waals surface area contributed by atoms with Gasteiger partial charge in [-0.15, -0.1) is 0 Å². The molecule has 0 radical (unpaired) electrons. The zero-order valence-corrected chi connectivity index (χ0v) is 19.8. The maximum Gasteiger partial charge on any atom is 0.138 e. The van der Waals surface area contributed by atoms with Crippen molar-refractivity contribution in [2.24, 2.45) is 9.98 Å². The van der Waals surface area contributed by atoms with E-state index in [9.17, 15) is 0 Å². The predicted octanol–water partition coefficient (Wildman–Crippen LogP) is 5.71. The number of allylic oxidation sites excluding steroid dienone is 1. The Balaban J connectivity index is 1.82. The average Bonchev–Trinajstić information content (AvgIpc) is 3.17. The third-order valence-electron chi connectivity index (χ3n) is 6.64. The largest absolute Gasteiger partial charge is 0.318 e. The topological polar surface area (TPSA) is 28.0 Å². The monoisotopic (exact) mass is 443 g/mol. The lowest BCUT2D eigenvalue weighted by Crippen LogP contribution is -2.43. The van der Waals surface area contributed by atoms with Gasteiger partial charge >= 0.3 is 0 Å². The number of hydrogen-bond donors (Lipinski definition) is 0. The fourth-order valence-electron chi connectivity index (χ4n) is 5.18. The standard InChI is InChI=1S/C31H29N3/c1-5-12-22-19-29-26(17-21(22)6-2)27-18-23-13-8-9-14-24(23)20-30(27)34(29)31(33-7-3)25-15-10-11-16-28(25)32-4/h5-6,8-20,27,30H,2,4,7H2,1,3H3/b12-5-,33-31?. The van der Waals surface area contributed by atoms with Gasteiger partial charge in [0.2, 0.25) is 0 Å². The van der Waals surface area contributed by atoms with Crippen molar-refractivity contribution in [2.75, 3.05) is 11.4 Å². The van der Waals surface area contributed by atoms with Gasteiger partial charge in [0.05, 0.1) is 11.7 Å². The molecule has 2 aliphatic rings. The van der Waals surface area contributed by atoms with Crippen LogP contribution >= 0.6 is 0 Å². The maximum absolute atomic E-state index is 5.03. The summed E-state index contributed by atoms with van der Waals surface area (Å²) in [5.74, 6) is 1.15. The van der Waals surface area contributed by atoms with Gasteiger partial charge in [0.25, 0.3) is 0 Å². The molecule has 1 aliphatic carbocycles. The number of anilines is 1. The Morgan fingerprint density at radius 1 is 1.00 bits per heavy atom. The second-order valence-corrected chi connectivity index (χ2v) is 8.57. The summed E-state index contributed by atoms with van der Waals surface area (Å²) >= 11 is 0. The van der Waals surface area contributed by atoms with Gasteiger partial charge in [-0.1, -0.05) is 73.4 Å². The van der Waals surface area contributed by atoms with Gasteiger partial charge in [-0.25, -0.2) is 0 Å². The molecule has 0 aromatic heterocycles. The van der Waals surface area contributed by atoms with E-state index < -0.39 is 0 Å². The number of amidine groups is 1. The summed E-state index contributed by atoms with van der Waals surface area (Å²) < 4.78 is 0. The minimum absolute atomic E-state index is 0.117. The lowest BCUT2D eigenvalue weighted by Gasteiger charge is -2.30. The minimum Gasteiger partial charge on any atom is -0.318 e. The fourth-order valence-corrected chi connectivity index (χ4v) is 5.18. The number of fused-ring (bicyclic) bond motifs is 4.